The first kappa shape index (κ1) is 40.9. The molecule has 0 aromatic rings. The van der Waals surface area contributed by atoms with Gasteiger partial charge >= 0.3 is 0 Å². The summed E-state index contributed by atoms with van der Waals surface area (Å²) >= 11 is 0. The van der Waals surface area contributed by atoms with E-state index in [1.165, 1.54) is 12.2 Å². The van der Waals surface area contributed by atoms with Crippen LogP contribution in [-0.2, 0) is 33.4 Å². The average molecular weight is 655 g/mol. The van der Waals surface area contributed by atoms with Crippen LogP contribution in [0.1, 0.15) is 71.1 Å². The van der Waals surface area contributed by atoms with Crippen molar-refractivity contribution in [2.24, 2.45) is 0 Å². The molecule has 5 amide bonds. The number of allylic oxidation sites excluding steroid dienone is 10. The van der Waals surface area contributed by atoms with Gasteiger partial charge in [-0.05, 0) is 44.9 Å². The maximum absolute atomic E-state index is 12.0. The smallest absolute Gasteiger partial charge is 0.253 e. The molecule has 0 radical (unpaired) electrons. The third-order valence-electron chi connectivity index (χ3n) is 6.58. The summed E-state index contributed by atoms with van der Waals surface area (Å²) in [6, 6.07) is 0. The van der Waals surface area contributed by atoms with E-state index in [1.54, 1.807) is 0 Å². The van der Waals surface area contributed by atoms with Crippen molar-refractivity contribution in [1.82, 2.24) is 20.9 Å². The molecular weight excluding hydrogens is 600 g/mol. The number of nitrogens with one attached hydrogen (secondary N) is 3. The highest BCUT2D eigenvalue weighted by molar-refractivity contribution is 6.13. The zero-order chi connectivity index (χ0) is 34.2. The number of unbranched alkanes of at least 4 members (excludes halogenated alkanes) is 1. The second-order valence-corrected chi connectivity index (χ2v) is 10.5. The minimum absolute atomic E-state index is 0.0258. The molecule has 260 valence electrons. The summed E-state index contributed by atoms with van der Waals surface area (Å²) in [6.45, 7) is 4.36. The highest BCUT2D eigenvalue weighted by Gasteiger charge is 2.23. The van der Waals surface area contributed by atoms with Gasteiger partial charge in [0.15, 0.2) is 0 Å². The van der Waals surface area contributed by atoms with Gasteiger partial charge in [0.2, 0.25) is 17.7 Å². The fourth-order valence-electron chi connectivity index (χ4n) is 4.03. The van der Waals surface area contributed by atoms with Crippen LogP contribution in [0.3, 0.4) is 0 Å². The zero-order valence-corrected chi connectivity index (χ0v) is 28.0. The van der Waals surface area contributed by atoms with E-state index in [4.69, 9.17) is 9.47 Å². The van der Waals surface area contributed by atoms with E-state index < -0.39 is 11.8 Å². The summed E-state index contributed by atoms with van der Waals surface area (Å²) in [5.41, 5.74) is 0. The lowest BCUT2D eigenvalue weighted by atomic mass is 10.2. The summed E-state index contributed by atoms with van der Waals surface area (Å²) in [4.78, 5) is 59.6. The van der Waals surface area contributed by atoms with Crippen molar-refractivity contribution in [1.29, 1.82) is 0 Å². The predicted molar refractivity (Wildman–Crippen MR) is 184 cm³/mol. The van der Waals surface area contributed by atoms with E-state index in [0.717, 1.165) is 49.8 Å². The highest BCUT2D eigenvalue weighted by Crippen LogP contribution is 2.04. The monoisotopic (exact) mass is 654 g/mol. The Morgan fingerprint density at radius 2 is 1.06 bits per heavy atom. The second kappa shape index (κ2) is 29.3. The van der Waals surface area contributed by atoms with Crippen molar-refractivity contribution >= 4 is 29.5 Å². The Morgan fingerprint density at radius 3 is 1.64 bits per heavy atom. The molecule has 0 aromatic heterocycles. The number of rotatable bonds is 28. The Hall–Kier alpha value is -4.09. The molecule has 0 aromatic carbocycles. The Balaban J connectivity index is 1.86. The lowest BCUT2D eigenvalue weighted by Gasteiger charge is -2.13. The minimum Gasteiger partial charge on any atom is -0.379 e. The van der Waals surface area contributed by atoms with Crippen molar-refractivity contribution in [3.63, 3.8) is 0 Å². The lowest BCUT2D eigenvalue weighted by Crippen LogP contribution is -2.35. The standard InChI is InChI=1S/C36H54N4O7/c1-2-3-4-5-6-7-8-9-10-11-12-13-14-15-16-17-18-19-32(41)37-24-25-38-34(43)23-28-46-30-31-47-29-26-39-33(42)22-27-40-35(44)20-21-36(40)45/h3-4,6-7,9-10,12-13,15-16,20-21H,2,5,8,11,14,17-19,22-31H2,1H3,(H,37,41)(H,38,43)(H,39,42)/b4-3-,7-6-,10-9-,13-12-,16-15-. The van der Waals surface area contributed by atoms with Crippen molar-refractivity contribution < 1.29 is 33.4 Å². The quantitative estimate of drug-likeness (QED) is 0.0658. The molecule has 0 saturated carbocycles. The van der Waals surface area contributed by atoms with E-state index in [1.807, 2.05) is 0 Å². The van der Waals surface area contributed by atoms with Gasteiger partial charge in [0.25, 0.3) is 11.8 Å². The summed E-state index contributed by atoms with van der Waals surface area (Å²) in [5, 5.41) is 8.22. The van der Waals surface area contributed by atoms with E-state index in [9.17, 15) is 24.0 Å². The van der Waals surface area contributed by atoms with E-state index in [0.29, 0.717) is 39.3 Å². The topological polar surface area (TPSA) is 143 Å². The summed E-state index contributed by atoms with van der Waals surface area (Å²) in [5.74, 6) is -1.28. The van der Waals surface area contributed by atoms with Gasteiger partial charge in [-0.25, -0.2) is 0 Å². The average Bonchev–Trinajstić information content (AvgIpc) is 3.38. The fraction of sp³-hybridized carbons (Fsp3) is 0.528. The SMILES string of the molecule is CC/C=C\C/C=C\C/C=C\C/C=C\C/C=C\CCCC(=O)NCCNC(=O)CCOCCOCCNC(=O)CCN1C(=O)C=CC1=O. The second-order valence-electron chi connectivity index (χ2n) is 10.5. The molecule has 0 bridgehead atoms. The van der Waals surface area contributed by atoms with Crippen LogP contribution in [0.25, 0.3) is 0 Å². The van der Waals surface area contributed by atoms with Crippen LogP contribution in [0.4, 0.5) is 0 Å². The van der Waals surface area contributed by atoms with Crippen molar-refractivity contribution in [3.05, 3.63) is 72.9 Å². The third kappa shape index (κ3) is 24.8. The van der Waals surface area contributed by atoms with Crippen LogP contribution < -0.4 is 16.0 Å². The molecule has 11 heteroatoms. The van der Waals surface area contributed by atoms with Gasteiger partial charge in [0.1, 0.15) is 0 Å². The molecule has 0 atom stereocenters. The van der Waals surface area contributed by atoms with E-state index in [2.05, 4.69) is 83.6 Å². The van der Waals surface area contributed by atoms with Crippen LogP contribution in [0, 0.1) is 0 Å². The molecule has 0 fully saturated rings. The Morgan fingerprint density at radius 1 is 0.596 bits per heavy atom. The van der Waals surface area contributed by atoms with Gasteiger partial charge < -0.3 is 25.4 Å². The third-order valence-corrected chi connectivity index (χ3v) is 6.58. The van der Waals surface area contributed by atoms with Gasteiger partial charge in [-0.2, -0.15) is 0 Å². The van der Waals surface area contributed by atoms with Crippen LogP contribution in [0.15, 0.2) is 72.9 Å². The Bertz CT molecular complexity index is 1090. The summed E-state index contributed by atoms with van der Waals surface area (Å²) < 4.78 is 10.8. The van der Waals surface area contributed by atoms with Crippen molar-refractivity contribution in [2.45, 2.75) is 71.1 Å². The highest BCUT2D eigenvalue weighted by atomic mass is 16.5. The molecule has 1 heterocycles. The number of amides is 5. The first-order valence-corrected chi connectivity index (χ1v) is 16.7. The first-order valence-electron chi connectivity index (χ1n) is 16.7. The molecule has 3 N–H and O–H groups in total. The van der Waals surface area contributed by atoms with Crippen LogP contribution in [0.5, 0.6) is 0 Å². The molecule has 1 aliphatic rings. The van der Waals surface area contributed by atoms with Crippen molar-refractivity contribution in [2.75, 3.05) is 52.6 Å². The molecule has 11 nitrogen and oxygen atoms in total. The van der Waals surface area contributed by atoms with Gasteiger partial charge in [-0.15, -0.1) is 0 Å². The summed E-state index contributed by atoms with van der Waals surface area (Å²) in [7, 11) is 0. The van der Waals surface area contributed by atoms with Crippen molar-refractivity contribution in [3.8, 4) is 0 Å². The molecular formula is C36H54N4O7. The number of nitrogens with zero attached hydrogens (tertiary/aromatic N) is 1. The van der Waals surface area contributed by atoms with Crippen LogP contribution in [-0.4, -0.2) is 87.0 Å². The number of imide groups is 1. The minimum atomic E-state index is -0.410. The maximum atomic E-state index is 12.0. The molecule has 47 heavy (non-hydrogen) atoms. The largest absolute Gasteiger partial charge is 0.379 e. The molecule has 0 spiro atoms. The number of carbonyl (C=O) groups excluding carboxylic acids is 5. The number of carbonyl (C=O) groups is 5. The van der Waals surface area contributed by atoms with Gasteiger partial charge in [-0.1, -0.05) is 67.7 Å². The Labute approximate surface area is 280 Å². The van der Waals surface area contributed by atoms with E-state index in [-0.39, 0.29) is 50.3 Å². The van der Waals surface area contributed by atoms with Crippen LogP contribution >= 0.6 is 0 Å². The molecule has 1 rings (SSSR count). The zero-order valence-electron chi connectivity index (χ0n) is 28.0. The number of hydrogen-bond acceptors (Lipinski definition) is 7. The van der Waals surface area contributed by atoms with Gasteiger partial charge in [-0.3, -0.25) is 28.9 Å². The Kier molecular flexibility index (Phi) is 25.5. The molecule has 0 saturated heterocycles. The van der Waals surface area contributed by atoms with Gasteiger partial charge in [0.05, 0.1) is 26.4 Å². The molecule has 0 aliphatic carbocycles. The molecule has 1 aliphatic heterocycles. The maximum Gasteiger partial charge on any atom is 0.253 e. The fourth-order valence-corrected chi connectivity index (χ4v) is 4.03. The number of ether oxygens (including phenoxy) is 2. The molecule has 0 unspecified atom stereocenters. The predicted octanol–water partition coefficient (Wildman–Crippen LogP) is 4.00. The lowest BCUT2D eigenvalue weighted by molar-refractivity contribution is -0.137. The normalized spacial score (nSPS) is 13.4. The van der Waals surface area contributed by atoms with Crippen LogP contribution in [0.2, 0.25) is 0 Å². The first-order chi connectivity index (χ1) is 22.9. The van der Waals surface area contributed by atoms with E-state index >= 15 is 0 Å². The summed E-state index contributed by atoms with van der Waals surface area (Å²) in [6.07, 6.45) is 31.2. The number of hydrogen-bond donors (Lipinski definition) is 3. The van der Waals surface area contributed by atoms with Gasteiger partial charge in [0, 0.05) is 57.6 Å².